The fraction of sp³-hybridized carbons (Fsp3) is 0.304. The Labute approximate surface area is 188 Å². The molecule has 1 aliphatic rings. The molecule has 9 heteroatoms. The van der Waals surface area contributed by atoms with Gasteiger partial charge in [0, 0.05) is 18.3 Å². The number of carbonyl (C=O) groups excluding carboxylic acids is 1. The maximum atomic E-state index is 13.5. The number of fused-ring (bicyclic) bond motifs is 1. The first-order valence-corrected chi connectivity index (χ1v) is 11.0. The molecule has 0 aliphatic carbocycles. The van der Waals surface area contributed by atoms with Gasteiger partial charge >= 0.3 is 5.97 Å². The summed E-state index contributed by atoms with van der Waals surface area (Å²) >= 11 is 1.29. The number of rotatable bonds is 5. The third-order valence-electron chi connectivity index (χ3n) is 5.51. The Hall–Kier alpha value is -3.46. The number of hydrogen-bond acceptors (Lipinski definition) is 7. The molecule has 0 bridgehead atoms. The summed E-state index contributed by atoms with van der Waals surface area (Å²) in [6, 6.07) is 6.67. The van der Waals surface area contributed by atoms with E-state index >= 15 is 0 Å². The van der Waals surface area contributed by atoms with Gasteiger partial charge in [-0.3, -0.25) is 14.0 Å². The Morgan fingerprint density at radius 1 is 1.25 bits per heavy atom. The number of nitrogens with zero attached hydrogens (tertiary/aromatic N) is 4. The first-order valence-electron chi connectivity index (χ1n) is 10.2. The van der Waals surface area contributed by atoms with Crippen molar-refractivity contribution in [3.8, 4) is 5.75 Å². The van der Waals surface area contributed by atoms with Crippen LogP contribution in [0.15, 0.2) is 51.5 Å². The molecule has 0 saturated carbocycles. The van der Waals surface area contributed by atoms with Crippen LogP contribution in [0.2, 0.25) is 0 Å². The molecule has 3 aromatic rings. The molecule has 166 valence electrons. The third-order valence-corrected chi connectivity index (χ3v) is 6.49. The summed E-state index contributed by atoms with van der Waals surface area (Å²) in [5, 5.41) is 4.25. The van der Waals surface area contributed by atoms with Crippen LogP contribution in [0.25, 0.3) is 6.08 Å². The lowest BCUT2D eigenvalue weighted by Crippen LogP contribution is -2.39. The number of allylic oxidation sites excluding steroid dienone is 1. The summed E-state index contributed by atoms with van der Waals surface area (Å²) in [6.45, 7) is 5.70. The van der Waals surface area contributed by atoms with Gasteiger partial charge in [0.05, 0.1) is 41.8 Å². The SMILES string of the molecule is CCOC(=O)C1=C(C)N=c2s/c(=C\c3cnn(C)c3C)c(=O)n2[C@H]1c1ccc(OC)cc1. The predicted octanol–water partition coefficient (Wildman–Crippen LogP) is 1.85. The van der Waals surface area contributed by atoms with Crippen molar-refractivity contribution in [2.75, 3.05) is 13.7 Å². The molecule has 0 amide bonds. The monoisotopic (exact) mass is 452 g/mol. The Morgan fingerprint density at radius 2 is 1.97 bits per heavy atom. The number of aromatic nitrogens is 3. The van der Waals surface area contributed by atoms with Crippen molar-refractivity contribution in [2.24, 2.45) is 12.0 Å². The number of benzene rings is 1. The van der Waals surface area contributed by atoms with Crippen LogP contribution < -0.4 is 19.6 Å². The Bertz CT molecular complexity index is 1390. The first-order chi connectivity index (χ1) is 15.3. The molecule has 0 unspecified atom stereocenters. The Morgan fingerprint density at radius 3 is 2.56 bits per heavy atom. The van der Waals surface area contributed by atoms with Crippen molar-refractivity contribution in [1.82, 2.24) is 14.3 Å². The van der Waals surface area contributed by atoms with E-state index in [1.807, 2.05) is 44.3 Å². The quantitative estimate of drug-likeness (QED) is 0.552. The number of thiazole rings is 1. The second kappa shape index (κ2) is 8.58. The van der Waals surface area contributed by atoms with E-state index in [1.54, 1.807) is 36.4 Å². The van der Waals surface area contributed by atoms with Crippen LogP contribution in [-0.2, 0) is 16.6 Å². The van der Waals surface area contributed by atoms with Crippen LogP contribution >= 0.6 is 11.3 Å². The molecule has 0 saturated heterocycles. The average Bonchev–Trinajstić information content (AvgIpc) is 3.26. The minimum absolute atomic E-state index is 0.216. The molecule has 2 aromatic heterocycles. The molecule has 1 aromatic carbocycles. The number of carbonyl (C=O) groups is 1. The van der Waals surface area contributed by atoms with Crippen molar-refractivity contribution in [2.45, 2.75) is 26.8 Å². The number of aryl methyl sites for hydroxylation is 1. The van der Waals surface area contributed by atoms with Crippen LogP contribution in [0.1, 0.15) is 36.7 Å². The zero-order chi connectivity index (χ0) is 23.0. The first kappa shape index (κ1) is 21.8. The van der Waals surface area contributed by atoms with E-state index in [0.29, 0.717) is 26.4 Å². The van der Waals surface area contributed by atoms with Gasteiger partial charge in [-0.05, 0) is 44.5 Å². The minimum atomic E-state index is -0.645. The predicted molar refractivity (Wildman–Crippen MR) is 121 cm³/mol. The second-order valence-corrected chi connectivity index (χ2v) is 8.39. The molecule has 8 nitrogen and oxygen atoms in total. The van der Waals surface area contributed by atoms with Crippen molar-refractivity contribution < 1.29 is 14.3 Å². The molecule has 0 radical (unpaired) electrons. The lowest BCUT2D eigenvalue weighted by atomic mass is 9.96. The van der Waals surface area contributed by atoms with Crippen LogP contribution in [0.5, 0.6) is 5.75 Å². The van der Waals surface area contributed by atoms with E-state index < -0.39 is 12.0 Å². The highest BCUT2D eigenvalue weighted by Gasteiger charge is 2.33. The van der Waals surface area contributed by atoms with Crippen molar-refractivity contribution in [3.05, 3.63) is 78.2 Å². The maximum absolute atomic E-state index is 13.5. The summed E-state index contributed by atoms with van der Waals surface area (Å²) < 4.78 is 14.4. The van der Waals surface area contributed by atoms with Gasteiger partial charge in [0.15, 0.2) is 4.80 Å². The topological polar surface area (TPSA) is 87.7 Å². The maximum Gasteiger partial charge on any atom is 0.338 e. The molecule has 4 rings (SSSR count). The van der Waals surface area contributed by atoms with Crippen LogP contribution in [-0.4, -0.2) is 34.0 Å². The Balaban J connectivity index is 1.95. The van der Waals surface area contributed by atoms with E-state index in [9.17, 15) is 9.59 Å². The summed E-state index contributed by atoms with van der Waals surface area (Å²) in [5.74, 6) is 0.207. The summed E-state index contributed by atoms with van der Waals surface area (Å²) in [6.07, 6.45) is 3.55. The highest BCUT2D eigenvalue weighted by atomic mass is 32.1. The molecular formula is C23H24N4O4S. The van der Waals surface area contributed by atoms with E-state index in [-0.39, 0.29) is 12.2 Å². The third kappa shape index (κ3) is 3.69. The molecule has 0 fully saturated rings. The second-order valence-electron chi connectivity index (χ2n) is 7.38. The largest absolute Gasteiger partial charge is 0.497 e. The summed E-state index contributed by atoms with van der Waals surface area (Å²) in [5.41, 5.74) is 3.26. The van der Waals surface area contributed by atoms with Crippen LogP contribution in [0.4, 0.5) is 0 Å². The van der Waals surface area contributed by atoms with Crippen LogP contribution in [0, 0.1) is 6.92 Å². The van der Waals surface area contributed by atoms with E-state index in [2.05, 4.69) is 10.1 Å². The van der Waals surface area contributed by atoms with Crippen molar-refractivity contribution >= 4 is 23.4 Å². The van der Waals surface area contributed by atoms with Crippen LogP contribution in [0.3, 0.4) is 0 Å². The Kier molecular flexibility index (Phi) is 5.84. The molecular weight excluding hydrogens is 428 g/mol. The lowest BCUT2D eigenvalue weighted by Gasteiger charge is -2.24. The molecule has 3 heterocycles. The molecule has 32 heavy (non-hydrogen) atoms. The average molecular weight is 453 g/mol. The fourth-order valence-electron chi connectivity index (χ4n) is 3.69. The number of hydrogen-bond donors (Lipinski definition) is 0. The summed E-state index contributed by atoms with van der Waals surface area (Å²) in [4.78, 5) is 31.5. The van der Waals surface area contributed by atoms with Gasteiger partial charge < -0.3 is 9.47 Å². The van der Waals surface area contributed by atoms with Gasteiger partial charge in [0.25, 0.3) is 5.56 Å². The number of esters is 1. The molecule has 0 N–H and O–H groups in total. The molecule has 1 atom stereocenters. The standard InChI is InChI=1S/C23H24N4O4S/c1-6-31-22(29)19-13(2)25-23-27(20(19)15-7-9-17(30-5)10-8-15)21(28)18(32-23)11-16-12-24-26(4)14(16)3/h7-12,20H,6H2,1-5H3/b18-11-/t20-/m0/s1. The van der Waals surface area contributed by atoms with Gasteiger partial charge in [-0.1, -0.05) is 23.5 Å². The van der Waals surface area contributed by atoms with Gasteiger partial charge in [0.1, 0.15) is 5.75 Å². The van der Waals surface area contributed by atoms with Crippen molar-refractivity contribution in [3.63, 3.8) is 0 Å². The smallest absolute Gasteiger partial charge is 0.338 e. The van der Waals surface area contributed by atoms with Gasteiger partial charge in [0.2, 0.25) is 0 Å². The number of ether oxygens (including phenoxy) is 2. The summed E-state index contributed by atoms with van der Waals surface area (Å²) in [7, 11) is 3.44. The van der Waals surface area contributed by atoms with Gasteiger partial charge in [-0.2, -0.15) is 5.10 Å². The lowest BCUT2D eigenvalue weighted by molar-refractivity contribution is -0.139. The highest BCUT2D eigenvalue weighted by Crippen LogP contribution is 2.31. The van der Waals surface area contributed by atoms with Gasteiger partial charge in [-0.15, -0.1) is 0 Å². The zero-order valence-electron chi connectivity index (χ0n) is 18.6. The molecule has 0 spiro atoms. The normalized spacial score (nSPS) is 16.0. The van der Waals surface area contributed by atoms with E-state index in [4.69, 9.17) is 9.47 Å². The highest BCUT2D eigenvalue weighted by molar-refractivity contribution is 7.07. The number of methoxy groups -OCH3 is 1. The van der Waals surface area contributed by atoms with E-state index in [0.717, 1.165) is 16.8 Å². The minimum Gasteiger partial charge on any atom is -0.497 e. The zero-order valence-corrected chi connectivity index (χ0v) is 19.4. The molecule has 1 aliphatic heterocycles. The van der Waals surface area contributed by atoms with Crippen molar-refractivity contribution in [1.29, 1.82) is 0 Å². The van der Waals surface area contributed by atoms with E-state index in [1.165, 1.54) is 11.3 Å². The van der Waals surface area contributed by atoms with Gasteiger partial charge in [-0.25, -0.2) is 9.79 Å². The fourth-order valence-corrected chi connectivity index (χ4v) is 4.73.